The Bertz CT molecular complexity index is 1160. The number of ether oxygens (including phenoxy) is 2. The van der Waals surface area contributed by atoms with Crippen LogP contribution in [0.5, 0.6) is 11.5 Å². The minimum atomic E-state index is -0.296. The number of anilines is 1. The lowest BCUT2D eigenvalue weighted by molar-refractivity contribution is 0.102. The van der Waals surface area contributed by atoms with Gasteiger partial charge in [-0.05, 0) is 42.5 Å². The third-order valence-corrected chi connectivity index (χ3v) is 4.23. The highest BCUT2D eigenvalue weighted by molar-refractivity contribution is 6.06. The molecule has 0 saturated heterocycles. The molecule has 28 heavy (non-hydrogen) atoms. The number of benzene rings is 2. The first-order chi connectivity index (χ1) is 13.7. The van der Waals surface area contributed by atoms with Crippen LogP contribution in [0.4, 0.5) is 5.69 Å². The molecule has 0 aliphatic rings. The molecule has 8 nitrogen and oxygen atoms in total. The van der Waals surface area contributed by atoms with Crippen LogP contribution in [-0.2, 0) is 0 Å². The monoisotopic (exact) mass is 375 g/mol. The minimum absolute atomic E-state index is 0.296. The largest absolute Gasteiger partial charge is 0.497 e. The van der Waals surface area contributed by atoms with Gasteiger partial charge < -0.3 is 14.8 Å². The van der Waals surface area contributed by atoms with E-state index >= 15 is 0 Å². The van der Waals surface area contributed by atoms with Crippen molar-refractivity contribution in [3.05, 3.63) is 66.5 Å². The van der Waals surface area contributed by atoms with Crippen molar-refractivity contribution >= 4 is 17.2 Å². The molecule has 0 saturated carbocycles. The number of rotatable bonds is 5. The minimum Gasteiger partial charge on any atom is -0.497 e. The molecule has 0 unspecified atom stereocenters. The third-order valence-electron chi connectivity index (χ3n) is 4.23. The van der Waals surface area contributed by atoms with E-state index in [1.165, 1.54) is 7.11 Å². The Morgan fingerprint density at radius 2 is 1.93 bits per heavy atom. The summed E-state index contributed by atoms with van der Waals surface area (Å²) in [4.78, 5) is 12.8. The van der Waals surface area contributed by atoms with Gasteiger partial charge in [-0.2, -0.15) is 9.61 Å². The Hall–Kier alpha value is -3.94. The van der Waals surface area contributed by atoms with E-state index < -0.39 is 0 Å². The first-order valence-corrected chi connectivity index (χ1v) is 8.49. The second-order valence-corrected chi connectivity index (χ2v) is 5.95. The molecule has 4 aromatic rings. The van der Waals surface area contributed by atoms with Crippen molar-refractivity contribution in [2.45, 2.75) is 0 Å². The van der Waals surface area contributed by atoms with Gasteiger partial charge in [0.2, 0.25) is 0 Å². The summed E-state index contributed by atoms with van der Waals surface area (Å²) in [6.07, 6.45) is 1.54. The number of hydrogen-bond donors (Lipinski definition) is 1. The normalized spacial score (nSPS) is 10.6. The molecule has 2 aromatic carbocycles. The van der Waals surface area contributed by atoms with Gasteiger partial charge in [-0.3, -0.25) is 4.79 Å². The van der Waals surface area contributed by atoms with Crippen LogP contribution >= 0.6 is 0 Å². The molecule has 1 N–H and O–H groups in total. The molecule has 0 fully saturated rings. The lowest BCUT2D eigenvalue weighted by Crippen LogP contribution is -2.13. The Morgan fingerprint density at radius 1 is 1.04 bits per heavy atom. The van der Waals surface area contributed by atoms with Gasteiger partial charge in [0.15, 0.2) is 5.65 Å². The predicted molar refractivity (Wildman–Crippen MR) is 104 cm³/mol. The van der Waals surface area contributed by atoms with Crippen LogP contribution in [0.15, 0.2) is 60.9 Å². The lowest BCUT2D eigenvalue weighted by Gasteiger charge is -2.11. The van der Waals surface area contributed by atoms with Crippen LogP contribution in [0.3, 0.4) is 0 Å². The van der Waals surface area contributed by atoms with Gasteiger partial charge in [-0.15, -0.1) is 10.2 Å². The predicted octanol–water partition coefficient (Wildman–Crippen LogP) is 3.06. The lowest BCUT2D eigenvalue weighted by atomic mass is 10.1. The number of fused-ring (bicyclic) bond motifs is 1. The maximum absolute atomic E-state index is 12.8. The first kappa shape index (κ1) is 17.5. The summed E-state index contributed by atoms with van der Waals surface area (Å²) in [5, 5.41) is 15.1. The number of methoxy groups -OCH3 is 2. The fourth-order valence-corrected chi connectivity index (χ4v) is 2.83. The van der Waals surface area contributed by atoms with Crippen LogP contribution in [0, 0.1) is 0 Å². The number of nitrogens with one attached hydrogen (secondary N) is 1. The molecular formula is C20H17N5O3. The fourth-order valence-electron chi connectivity index (χ4n) is 2.83. The number of hydrogen-bond acceptors (Lipinski definition) is 6. The summed E-state index contributed by atoms with van der Waals surface area (Å²) in [7, 11) is 3.07. The highest BCUT2D eigenvalue weighted by atomic mass is 16.5. The van der Waals surface area contributed by atoms with Crippen molar-refractivity contribution in [2.75, 3.05) is 19.5 Å². The van der Waals surface area contributed by atoms with Gasteiger partial charge in [-0.25, -0.2) is 0 Å². The zero-order valence-corrected chi connectivity index (χ0v) is 15.3. The Kier molecular flexibility index (Phi) is 4.59. The Labute approximate surface area is 160 Å². The molecule has 0 aliphatic carbocycles. The fraction of sp³-hybridized carbons (Fsp3) is 0.100. The average Bonchev–Trinajstić information content (AvgIpc) is 3.21. The van der Waals surface area contributed by atoms with E-state index in [4.69, 9.17) is 9.47 Å². The van der Waals surface area contributed by atoms with Crippen molar-refractivity contribution < 1.29 is 14.3 Å². The van der Waals surface area contributed by atoms with E-state index in [1.807, 2.05) is 36.4 Å². The standard InChI is InChI=1S/C20H17N5O3/c1-27-15-6-8-18(28-2)16(11-15)20(26)22-14-5-3-4-13(10-14)17-7-9-19-23-21-12-25(19)24-17/h3-12H,1-2H3,(H,22,26). The number of aromatic nitrogens is 4. The molecular weight excluding hydrogens is 358 g/mol. The summed E-state index contributed by atoms with van der Waals surface area (Å²) >= 11 is 0. The van der Waals surface area contributed by atoms with Crippen molar-refractivity contribution in [2.24, 2.45) is 0 Å². The van der Waals surface area contributed by atoms with Gasteiger partial charge in [0, 0.05) is 11.3 Å². The first-order valence-electron chi connectivity index (χ1n) is 8.49. The number of carbonyl (C=O) groups excluding carboxylic acids is 1. The van der Waals surface area contributed by atoms with E-state index in [9.17, 15) is 4.79 Å². The summed E-state index contributed by atoms with van der Waals surface area (Å²) in [6.45, 7) is 0. The molecule has 4 rings (SSSR count). The smallest absolute Gasteiger partial charge is 0.259 e. The second kappa shape index (κ2) is 7.36. The van der Waals surface area contributed by atoms with Crippen molar-refractivity contribution in [1.82, 2.24) is 19.8 Å². The van der Waals surface area contributed by atoms with Gasteiger partial charge in [0.1, 0.15) is 17.8 Å². The molecule has 0 aliphatic heterocycles. The highest BCUT2D eigenvalue weighted by Crippen LogP contribution is 2.26. The molecule has 0 radical (unpaired) electrons. The zero-order chi connectivity index (χ0) is 19.5. The average molecular weight is 375 g/mol. The SMILES string of the molecule is COc1ccc(OC)c(C(=O)Nc2cccc(-c3ccc4nncn4n3)c2)c1. The van der Waals surface area contributed by atoms with Crippen LogP contribution in [0.25, 0.3) is 16.9 Å². The Balaban J connectivity index is 1.62. The van der Waals surface area contributed by atoms with E-state index in [0.717, 1.165) is 11.3 Å². The zero-order valence-electron chi connectivity index (χ0n) is 15.3. The van der Waals surface area contributed by atoms with E-state index in [-0.39, 0.29) is 5.91 Å². The Morgan fingerprint density at radius 3 is 2.75 bits per heavy atom. The van der Waals surface area contributed by atoms with Gasteiger partial charge in [0.25, 0.3) is 5.91 Å². The molecule has 2 heterocycles. The van der Waals surface area contributed by atoms with Gasteiger partial charge in [0.05, 0.1) is 25.5 Å². The number of carbonyl (C=O) groups is 1. The molecule has 1 amide bonds. The van der Waals surface area contributed by atoms with Crippen molar-refractivity contribution in [3.63, 3.8) is 0 Å². The van der Waals surface area contributed by atoms with Gasteiger partial charge in [-0.1, -0.05) is 12.1 Å². The summed E-state index contributed by atoms with van der Waals surface area (Å²) in [5.74, 6) is 0.746. The van der Waals surface area contributed by atoms with Crippen LogP contribution < -0.4 is 14.8 Å². The third kappa shape index (κ3) is 3.35. The maximum Gasteiger partial charge on any atom is 0.259 e. The van der Waals surface area contributed by atoms with Crippen LogP contribution in [0.1, 0.15) is 10.4 Å². The molecule has 0 atom stereocenters. The van der Waals surface area contributed by atoms with E-state index in [0.29, 0.717) is 28.4 Å². The maximum atomic E-state index is 12.8. The molecule has 0 bridgehead atoms. The topological polar surface area (TPSA) is 90.6 Å². The number of amides is 1. The quantitative estimate of drug-likeness (QED) is 0.576. The molecule has 8 heteroatoms. The van der Waals surface area contributed by atoms with Gasteiger partial charge >= 0.3 is 0 Å². The van der Waals surface area contributed by atoms with Crippen LogP contribution in [0.2, 0.25) is 0 Å². The van der Waals surface area contributed by atoms with Crippen LogP contribution in [-0.4, -0.2) is 39.9 Å². The van der Waals surface area contributed by atoms with E-state index in [1.54, 1.807) is 36.2 Å². The van der Waals surface area contributed by atoms with Crippen molar-refractivity contribution in [3.8, 4) is 22.8 Å². The highest BCUT2D eigenvalue weighted by Gasteiger charge is 2.14. The molecule has 0 spiro atoms. The summed E-state index contributed by atoms with van der Waals surface area (Å²) in [5.41, 5.74) is 3.28. The molecule has 140 valence electrons. The van der Waals surface area contributed by atoms with E-state index in [2.05, 4.69) is 20.6 Å². The second-order valence-electron chi connectivity index (χ2n) is 5.95. The number of nitrogens with zero attached hydrogens (tertiary/aromatic N) is 4. The summed E-state index contributed by atoms with van der Waals surface area (Å²) < 4.78 is 12.1. The van der Waals surface area contributed by atoms with Crippen molar-refractivity contribution in [1.29, 1.82) is 0 Å². The summed E-state index contributed by atoms with van der Waals surface area (Å²) in [6, 6.07) is 16.2. The molecule has 2 aromatic heterocycles.